The second-order valence-corrected chi connectivity index (χ2v) is 7.62. The van der Waals surface area contributed by atoms with E-state index in [-0.39, 0.29) is 5.56 Å². The maximum Gasteiger partial charge on any atom is 0.255 e. The van der Waals surface area contributed by atoms with Crippen LogP contribution in [0.4, 0.5) is 5.95 Å². The fourth-order valence-electron chi connectivity index (χ4n) is 3.82. The van der Waals surface area contributed by atoms with Gasteiger partial charge in [0.1, 0.15) is 0 Å². The van der Waals surface area contributed by atoms with E-state index < -0.39 is 0 Å². The molecule has 0 saturated heterocycles. The lowest BCUT2D eigenvalue weighted by Gasteiger charge is -2.19. The van der Waals surface area contributed by atoms with Gasteiger partial charge in [-0.2, -0.15) is 5.26 Å². The Hall–Kier alpha value is -3.50. The van der Waals surface area contributed by atoms with Crippen molar-refractivity contribution in [1.29, 1.82) is 5.26 Å². The predicted molar refractivity (Wildman–Crippen MR) is 115 cm³/mol. The van der Waals surface area contributed by atoms with Crippen molar-refractivity contribution < 1.29 is 0 Å². The highest BCUT2D eigenvalue weighted by molar-refractivity contribution is 5.35. The number of benzene rings is 1. The summed E-state index contributed by atoms with van der Waals surface area (Å²) in [5.74, 6) is 0.581. The quantitative estimate of drug-likeness (QED) is 0.707. The molecule has 30 heavy (non-hydrogen) atoms. The minimum absolute atomic E-state index is 0.0543. The van der Waals surface area contributed by atoms with Crippen LogP contribution in [0.15, 0.2) is 53.6 Å². The number of rotatable bonds is 5. The van der Waals surface area contributed by atoms with Crippen molar-refractivity contribution in [3.63, 3.8) is 0 Å². The van der Waals surface area contributed by atoms with Gasteiger partial charge in [-0.3, -0.25) is 19.7 Å². The Morgan fingerprint density at radius 1 is 1.20 bits per heavy atom. The Morgan fingerprint density at radius 3 is 2.83 bits per heavy atom. The van der Waals surface area contributed by atoms with Crippen molar-refractivity contribution in [1.82, 2.24) is 19.9 Å². The third kappa shape index (κ3) is 4.56. The average molecular weight is 400 g/mol. The highest BCUT2D eigenvalue weighted by Crippen LogP contribution is 2.17. The number of anilines is 1. The first kappa shape index (κ1) is 19.8. The van der Waals surface area contributed by atoms with Crippen molar-refractivity contribution in [3.8, 4) is 6.07 Å². The second-order valence-electron chi connectivity index (χ2n) is 7.62. The van der Waals surface area contributed by atoms with Crippen LogP contribution in [0.5, 0.6) is 0 Å². The van der Waals surface area contributed by atoms with Crippen molar-refractivity contribution in [3.05, 3.63) is 87.1 Å². The molecule has 3 heterocycles. The van der Waals surface area contributed by atoms with Crippen LogP contribution in [0.1, 0.15) is 27.9 Å². The van der Waals surface area contributed by atoms with E-state index in [0.29, 0.717) is 24.5 Å². The first-order valence-corrected chi connectivity index (χ1v) is 10.1. The van der Waals surface area contributed by atoms with Gasteiger partial charge in [0, 0.05) is 57.6 Å². The van der Waals surface area contributed by atoms with E-state index in [1.54, 1.807) is 6.20 Å². The van der Waals surface area contributed by atoms with Gasteiger partial charge in [-0.25, -0.2) is 4.98 Å². The van der Waals surface area contributed by atoms with Crippen molar-refractivity contribution in [2.24, 2.45) is 0 Å². The Labute approximate surface area is 175 Å². The molecule has 7 heteroatoms. The highest BCUT2D eigenvalue weighted by atomic mass is 16.1. The van der Waals surface area contributed by atoms with Crippen LogP contribution in [-0.2, 0) is 25.9 Å². The summed E-state index contributed by atoms with van der Waals surface area (Å²) in [6, 6.07) is 13.8. The molecule has 0 amide bonds. The normalized spacial score (nSPS) is 13.9. The number of H-pyrrole nitrogens is 1. The van der Waals surface area contributed by atoms with E-state index in [4.69, 9.17) is 10.2 Å². The number of nitriles is 1. The number of fused-ring (bicyclic) bond motifs is 1. The van der Waals surface area contributed by atoms with Crippen LogP contribution < -0.4 is 10.5 Å². The predicted octanol–water partition coefficient (Wildman–Crippen LogP) is 2.27. The molecule has 0 aliphatic carbocycles. The molecule has 0 saturated carbocycles. The number of aromatic amines is 1. The first-order chi connectivity index (χ1) is 14.6. The standard InChI is InChI=1S/C23H24N6O/c1-28(15-19-6-3-9-25-14-19)23-26-21-8-11-29(10-7-20(21)22(30)27-23)16-18-5-2-4-17(12-18)13-24/h2-6,9,12,14H,7-8,10-11,15-16H2,1H3,(H,26,27,30). The van der Waals surface area contributed by atoms with Crippen LogP contribution in [0.25, 0.3) is 0 Å². The van der Waals surface area contributed by atoms with E-state index >= 15 is 0 Å². The smallest absolute Gasteiger partial charge is 0.255 e. The zero-order chi connectivity index (χ0) is 20.9. The molecule has 2 aromatic heterocycles. The van der Waals surface area contributed by atoms with Crippen molar-refractivity contribution >= 4 is 5.95 Å². The van der Waals surface area contributed by atoms with Crippen LogP contribution >= 0.6 is 0 Å². The van der Waals surface area contributed by atoms with Crippen LogP contribution in [0.3, 0.4) is 0 Å². The topological polar surface area (TPSA) is 88.9 Å². The number of hydrogen-bond donors (Lipinski definition) is 1. The molecule has 0 atom stereocenters. The highest BCUT2D eigenvalue weighted by Gasteiger charge is 2.20. The summed E-state index contributed by atoms with van der Waals surface area (Å²) in [5, 5.41) is 9.11. The average Bonchev–Trinajstić information content (AvgIpc) is 2.97. The van der Waals surface area contributed by atoms with Gasteiger partial charge in [0.2, 0.25) is 5.95 Å². The second kappa shape index (κ2) is 8.89. The van der Waals surface area contributed by atoms with Crippen LogP contribution in [0, 0.1) is 11.3 Å². The lowest BCUT2D eigenvalue weighted by atomic mass is 10.1. The fourth-order valence-corrected chi connectivity index (χ4v) is 3.82. The van der Waals surface area contributed by atoms with Crippen LogP contribution in [0.2, 0.25) is 0 Å². The van der Waals surface area contributed by atoms with E-state index in [9.17, 15) is 4.79 Å². The molecule has 1 aliphatic rings. The van der Waals surface area contributed by atoms with Gasteiger partial charge in [-0.15, -0.1) is 0 Å². The molecule has 4 rings (SSSR count). The molecule has 0 radical (unpaired) electrons. The molecule has 3 aromatic rings. The summed E-state index contributed by atoms with van der Waals surface area (Å²) in [6.07, 6.45) is 4.96. The monoisotopic (exact) mass is 400 g/mol. The van der Waals surface area contributed by atoms with Gasteiger partial charge in [0.25, 0.3) is 5.56 Å². The number of aromatic nitrogens is 3. The third-order valence-corrected chi connectivity index (χ3v) is 5.40. The first-order valence-electron chi connectivity index (χ1n) is 10.1. The maximum absolute atomic E-state index is 12.8. The number of hydrogen-bond acceptors (Lipinski definition) is 6. The molecule has 0 bridgehead atoms. The largest absolute Gasteiger partial charge is 0.341 e. The van der Waals surface area contributed by atoms with Gasteiger partial charge >= 0.3 is 0 Å². The van der Waals surface area contributed by atoms with Gasteiger partial charge in [0.05, 0.1) is 17.3 Å². The minimum Gasteiger partial charge on any atom is -0.341 e. The van der Waals surface area contributed by atoms with E-state index in [1.807, 2.05) is 54.5 Å². The molecule has 152 valence electrons. The molecule has 0 unspecified atom stereocenters. The van der Waals surface area contributed by atoms with Gasteiger partial charge < -0.3 is 4.90 Å². The summed E-state index contributed by atoms with van der Waals surface area (Å²) in [7, 11) is 1.92. The molecular weight excluding hydrogens is 376 g/mol. The van der Waals surface area contributed by atoms with E-state index in [0.717, 1.165) is 48.4 Å². The SMILES string of the molecule is CN(Cc1cccnc1)c1nc2c(c(=O)[nH]1)CCN(Cc1cccc(C#N)c1)CC2. The molecular formula is C23H24N6O. The molecule has 7 nitrogen and oxygen atoms in total. The van der Waals surface area contributed by atoms with E-state index in [2.05, 4.69) is 20.9 Å². The fraction of sp³-hybridized carbons (Fsp3) is 0.304. The Morgan fingerprint density at radius 2 is 2.03 bits per heavy atom. The van der Waals surface area contributed by atoms with Crippen molar-refractivity contribution in [2.45, 2.75) is 25.9 Å². The molecule has 1 aliphatic heterocycles. The lowest BCUT2D eigenvalue weighted by Crippen LogP contribution is -2.27. The van der Waals surface area contributed by atoms with Gasteiger partial charge in [0.15, 0.2) is 0 Å². The minimum atomic E-state index is -0.0543. The van der Waals surface area contributed by atoms with Gasteiger partial charge in [-0.05, 0) is 35.7 Å². The number of pyridine rings is 1. The Balaban J connectivity index is 1.48. The zero-order valence-corrected chi connectivity index (χ0v) is 17.0. The molecule has 0 fully saturated rings. The summed E-state index contributed by atoms with van der Waals surface area (Å²) in [4.78, 5) is 28.9. The van der Waals surface area contributed by atoms with Crippen LogP contribution in [-0.4, -0.2) is 40.0 Å². The Bertz CT molecular complexity index is 1120. The summed E-state index contributed by atoms with van der Waals surface area (Å²) >= 11 is 0. The number of nitrogens with one attached hydrogen (secondary N) is 1. The third-order valence-electron chi connectivity index (χ3n) is 5.40. The molecule has 1 aromatic carbocycles. The van der Waals surface area contributed by atoms with Gasteiger partial charge in [-0.1, -0.05) is 18.2 Å². The number of nitrogens with zero attached hydrogens (tertiary/aromatic N) is 5. The Kier molecular flexibility index (Phi) is 5.87. The summed E-state index contributed by atoms with van der Waals surface area (Å²) in [6.45, 7) is 3.00. The van der Waals surface area contributed by atoms with Crippen molar-refractivity contribution in [2.75, 3.05) is 25.0 Å². The maximum atomic E-state index is 12.8. The van der Waals surface area contributed by atoms with E-state index in [1.165, 1.54) is 0 Å². The molecule has 0 spiro atoms. The summed E-state index contributed by atoms with van der Waals surface area (Å²) in [5.41, 5.74) is 4.44. The molecule has 1 N–H and O–H groups in total. The summed E-state index contributed by atoms with van der Waals surface area (Å²) < 4.78 is 0. The lowest BCUT2D eigenvalue weighted by molar-refractivity contribution is 0.279. The zero-order valence-electron chi connectivity index (χ0n) is 17.0.